The van der Waals surface area contributed by atoms with Crippen LogP contribution in [-0.4, -0.2) is 6.71 Å². The van der Waals surface area contributed by atoms with Gasteiger partial charge in [0.1, 0.15) is 5.58 Å². The zero-order valence-corrected chi connectivity index (χ0v) is 43.0. The fourth-order valence-corrected chi connectivity index (χ4v) is 12.5. The van der Waals surface area contributed by atoms with E-state index in [0.29, 0.717) is 5.69 Å². The van der Waals surface area contributed by atoms with E-state index in [0.717, 1.165) is 81.9 Å². The molecular formula is C63H68BN3O. The molecule has 0 spiro atoms. The quantitative estimate of drug-likeness (QED) is 0.130. The van der Waals surface area contributed by atoms with Crippen molar-refractivity contribution in [1.82, 2.24) is 0 Å². The molecule has 4 aliphatic rings. The lowest BCUT2D eigenvalue weighted by Crippen LogP contribution is -2.61. The average molecular weight is 894 g/mol. The molecule has 3 heterocycles. The third kappa shape index (κ3) is 6.60. The Balaban J connectivity index is 1.31. The summed E-state index contributed by atoms with van der Waals surface area (Å²) in [6.07, 6.45) is 4.50. The van der Waals surface area contributed by atoms with Crippen molar-refractivity contribution >= 4 is 74.1 Å². The topological polar surface area (TPSA) is 24.0 Å². The van der Waals surface area contributed by atoms with Gasteiger partial charge in [0, 0.05) is 33.7 Å². The molecule has 1 aromatic heterocycles. The van der Waals surface area contributed by atoms with Crippen LogP contribution in [0.5, 0.6) is 0 Å². The predicted octanol–water partition coefficient (Wildman–Crippen LogP) is 16.0. The van der Waals surface area contributed by atoms with Crippen LogP contribution in [0.15, 0.2) is 114 Å². The normalized spacial score (nSPS) is 18.3. The smallest absolute Gasteiger partial charge is 0.297 e. The highest BCUT2D eigenvalue weighted by Gasteiger charge is 2.51. The number of rotatable bonds is 3. The van der Waals surface area contributed by atoms with Crippen molar-refractivity contribution in [1.29, 1.82) is 0 Å². The van der Waals surface area contributed by atoms with Gasteiger partial charge in [0.25, 0.3) is 6.71 Å². The molecule has 0 radical (unpaired) electrons. The summed E-state index contributed by atoms with van der Waals surface area (Å²) in [6, 6.07) is 41.4. The Bertz CT molecular complexity index is 3290. The molecule has 0 unspecified atom stereocenters. The molecule has 0 N–H and O–H groups in total. The molecule has 4 nitrogen and oxygen atoms in total. The van der Waals surface area contributed by atoms with E-state index in [-0.39, 0.29) is 39.2 Å². The van der Waals surface area contributed by atoms with Crippen LogP contribution in [0.1, 0.15) is 156 Å². The van der Waals surface area contributed by atoms with E-state index < -0.39 is 0 Å². The first-order valence-corrected chi connectivity index (χ1v) is 25.2. The van der Waals surface area contributed by atoms with Gasteiger partial charge in [-0.15, -0.1) is 0 Å². The second-order valence-electron chi connectivity index (χ2n) is 25.4. The summed E-state index contributed by atoms with van der Waals surface area (Å²) in [4.78, 5) is 9.44. The van der Waals surface area contributed by atoms with E-state index in [1.54, 1.807) is 0 Å². The largest absolute Gasteiger partial charge is 0.468 e. The van der Waals surface area contributed by atoms with Gasteiger partial charge in [-0.05, 0) is 157 Å². The molecule has 0 saturated carbocycles. The van der Waals surface area contributed by atoms with Crippen LogP contribution < -0.4 is 26.4 Å². The van der Waals surface area contributed by atoms with Crippen LogP contribution in [-0.2, 0) is 32.5 Å². The zero-order chi connectivity index (χ0) is 48.2. The Labute approximate surface area is 406 Å². The number of anilines is 6. The molecule has 344 valence electrons. The maximum Gasteiger partial charge on any atom is 0.297 e. The van der Waals surface area contributed by atoms with Gasteiger partial charge in [-0.3, -0.25) is 0 Å². The van der Waals surface area contributed by atoms with Crippen molar-refractivity contribution in [3.8, 4) is 11.1 Å². The third-order valence-corrected chi connectivity index (χ3v) is 16.9. The first-order chi connectivity index (χ1) is 31.9. The number of furan rings is 1. The fourth-order valence-electron chi connectivity index (χ4n) is 12.5. The van der Waals surface area contributed by atoms with E-state index in [1.807, 2.05) is 0 Å². The van der Waals surface area contributed by atoms with Gasteiger partial charge >= 0.3 is 0 Å². The molecule has 0 amide bonds. The number of hydrogen-bond donors (Lipinski definition) is 0. The lowest BCUT2D eigenvalue weighted by Gasteiger charge is -2.49. The van der Waals surface area contributed by atoms with Gasteiger partial charge in [0.15, 0.2) is 5.69 Å². The molecule has 0 atom stereocenters. The molecule has 0 fully saturated rings. The molecule has 0 saturated heterocycles. The van der Waals surface area contributed by atoms with Crippen molar-refractivity contribution in [2.45, 2.75) is 155 Å². The zero-order valence-electron chi connectivity index (χ0n) is 43.0. The Hall–Kier alpha value is -5.99. The second-order valence-corrected chi connectivity index (χ2v) is 25.4. The van der Waals surface area contributed by atoms with E-state index in [9.17, 15) is 0 Å². The molecule has 2 aliphatic heterocycles. The van der Waals surface area contributed by atoms with Crippen LogP contribution in [0.3, 0.4) is 0 Å². The van der Waals surface area contributed by atoms with Gasteiger partial charge in [-0.2, -0.15) is 0 Å². The van der Waals surface area contributed by atoms with Crippen molar-refractivity contribution in [3.63, 3.8) is 0 Å². The average Bonchev–Trinajstić information content (AvgIpc) is 3.67. The first kappa shape index (κ1) is 44.5. The van der Waals surface area contributed by atoms with Crippen LogP contribution in [0, 0.1) is 6.57 Å². The fraction of sp³-hybridized carbons (Fsp3) is 0.381. The molecule has 5 heteroatoms. The summed E-state index contributed by atoms with van der Waals surface area (Å²) in [6.45, 7) is 41.9. The van der Waals surface area contributed by atoms with Crippen molar-refractivity contribution in [3.05, 3.63) is 154 Å². The van der Waals surface area contributed by atoms with E-state index >= 15 is 0 Å². The van der Waals surface area contributed by atoms with Crippen LogP contribution in [0.4, 0.5) is 39.8 Å². The maximum absolute atomic E-state index is 8.86. The Morgan fingerprint density at radius 2 is 1.15 bits per heavy atom. The van der Waals surface area contributed by atoms with Crippen molar-refractivity contribution in [2.24, 2.45) is 0 Å². The minimum atomic E-state index is -0.226. The maximum atomic E-state index is 8.86. The number of hydrogen-bond acceptors (Lipinski definition) is 3. The number of benzene rings is 6. The molecule has 7 aromatic rings. The summed E-state index contributed by atoms with van der Waals surface area (Å²) in [5, 5.41) is 1.09. The van der Waals surface area contributed by atoms with E-state index in [4.69, 9.17) is 11.0 Å². The van der Waals surface area contributed by atoms with E-state index in [2.05, 4.69) is 221 Å². The minimum Gasteiger partial charge on any atom is -0.468 e. The molecule has 0 bridgehead atoms. The third-order valence-electron chi connectivity index (χ3n) is 16.9. The SMILES string of the molecule is [C-]#[N+]c1cc2c3c(c1)N(c1ccc(C(C)(C)C)cc1-c1ccccc1)c1c(oc4ccc(C(C)(C)C)cc14)B3c1ccc3c(c1N2c1ccc2c(c1)C(C)(C)CCC2(C)C)C(C)(C)CCC3(C)C. The molecule has 2 aliphatic carbocycles. The summed E-state index contributed by atoms with van der Waals surface area (Å²) in [7, 11) is 0. The summed E-state index contributed by atoms with van der Waals surface area (Å²) < 4.78 is 7.48. The molecule has 11 rings (SSSR count). The first-order valence-electron chi connectivity index (χ1n) is 25.2. The van der Waals surface area contributed by atoms with Crippen LogP contribution in [0.2, 0.25) is 0 Å². The Morgan fingerprint density at radius 3 is 1.81 bits per heavy atom. The summed E-state index contributed by atoms with van der Waals surface area (Å²) in [5.74, 6) is 0. The van der Waals surface area contributed by atoms with Crippen LogP contribution >= 0.6 is 0 Å². The minimum absolute atomic E-state index is 0.0100. The van der Waals surface area contributed by atoms with E-state index in [1.165, 1.54) is 50.0 Å². The lowest BCUT2D eigenvalue weighted by molar-refractivity contribution is 0.331. The van der Waals surface area contributed by atoms with Crippen molar-refractivity contribution < 1.29 is 4.42 Å². The van der Waals surface area contributed by atoms with Gasteiger partial charge in [0.05, 0.1) is 23.6 Å². The monoisotopic (exact) mass is 894 g/mol. The van der Waals surface area contributed by atoms with Gasteiger partial charge in [0.2, 0.25) is 0 Å². The Kier molecular flexibility index (Phi) is 9.51. The lowest BCUT2D eigenvalue weighted by atomic mass is 9.35. The van der Waals surface area contributed by atoms with Crippen molar-refractivity contribution in [2.75, 3.05) is 9.80 Å². The number of nitrogens with zero attached hydrogens (tertiary/aromatic N) is 3. The van der Waals surface area contributed by atoms with Gasteiger partial charge < -0.3 is 14.2 Å². The standard InChI is InChI=1S/C63H68BN3O/c1-58(2,3)39-21-27-49(43(33-39)38-19-17-16-18-20-38)67-51-36-41(65-15)35-50-54(51)64(57-55(67)44-34-40(59(4,5)6)22-28-52(44)68-57)48-26-25-46-53(63(13,14)32-31-61(46,9)10)56(48)66(50)42-23-24-45-47(37-42)62(11,12)30-29-60(45,7)8/h16-28,33-37H,29-32H2,1-14H3. The predicted molar refractivity (Wildman–Crippen MR) is 290 cm³/mol. The molecule has 6 aromatic carbocycles. The van der Waals surface area contributed by atoms with Gasteiger partial charge in [-0.25, -0.2) is 4.85 Å². The highest BCUT2D eigenvalue weighted by molar-refractivity contribution is 7.00. The van der Waals surface area contributed by atoms with Gasteiger partial charge in [-0.1, -0.05) is 158 Å². The summed E-state index contributed by atoms with van der Waals surface area (Å²) >= 11 is 0. The highest BCUT2D eigenvalue weighted by atomic mass is 16.3. The highest BCUT2D eigenvalue weighted by Crippen LogP contribution is 2.56. The molecular weight excluding hydrogens is 826 g/mol. The summed E-state index contributed by atoms with van der Waals surface area (Å²) in [5.41, 5.74) is 21.9. The molecule has 68 heavy (non-hydrogen) atoms. The van der Waals surface area contributed by atoms with Crippen LogP contribution in [0.25, 0.3) is 26.9 Å². The Morgan fingerprint density at radius 1 is 0.559 bits per heavy atom. The second kappa shape index (κ2) is 14.5. The number of fused-ring (bicyclic) bond motifs is 9.